The Morgan fingerprint density at radius 2 is 1.65 bits per heavy atom. The Labute approximate surface area is 153 Å². The highest BCUT2D eigenvalue weighted by Gasteiger charge is 2.23. The molecule has 0 bridgehead atoms. The summed E-state index contributed by atoms with van der Waals surface area (Å²) >= 11 is 0. The largest absolute Gasteiger partial charge is 0.506 e. The number of phenolic OH excluding ortho intramolecular Hbond substituents is 1. The molecule has 0 atom stereocenters. The van der Waals surface area contributed by atoms with Gasteiger partial charge < -0.3 is 20.2 Å². The number of carbonyl (C=O) groups is 2. The second-order valence-corrected chi connectivity index (χ2v) is 6.35. The molecule has 2 amide bonds. The minimum atomic E-state index is -0.232. The van der Waals surface area contributed by atoms with Crippen molar-refractivity contribution in [1.82, 2.24) is 10.2 Å². The van der Waals surface area contributed by atoms with E-state index in [-0.39, 0.29) is 24.1 Å². The van der Waals surface area contributed by atoms with Gasteiger partial charge in [-0.15, -0.1) is 0 Å². The number of piperazine rings is 1. The van der Waals surface area contributed by atoms with Crippen LogP contribution in [0.1, 0.15) is 15.9 Å². The van der Waals surface area contributed by atoms with Crippen molar-refractivity contribution in [2.75, 3.05) is 37.6 Å². The number of phenols is 1. The summed E-state index contributed by atoms with van der Waals surface area (Å²) in [5, 5.41) is 12.6. The molecule has 0 unspecified atom stereocenters. The van der Waals surface area contributed by atoms with Gasteiger partial charge >= 0.3 is 0 Å². The van der Waals surface area contributed by atoms with Gasteiger partial charge in [0.2, 0.25) is 5.91 Å². The number of hydrogen-bond donors (Lipinski definition) is 2. The number of amides is 2. The first-order valence-electron chi connectivity index (χ1n) is 8.71. The predicted molar refractivity (Wildman–Crippen MR) is 100 cm³/mol. The van der Waals surface area contributed by atoms with E-state index in [1.165, 1.54) is 0 Å². The molecule has 2 aromatic carbocycles. The monoisotopic (exact) mass is 353 g/mol. The van der Waals surface area contributed by atoms with Crippen LogP contribution in [-0.2, 0) is 4.79 Å². The number of aryl methyl sites for hydroxylation is 1. The lowest BCUT2D eigenvalue weighted by Gasteiger charge is -2.36. The number of aromatic hydroxyl groups is 1. The van der Waals surface area contributed by atoms with E-state index in [9.17, 15) is 14.7 Å². The summed E-state index contributed by atoms with van der Waals surface area (Å²) in [5.41, 5.74) is 2.26. The van der Waals surface area contributed by atoms with Gasteiger partial charge in [0, 0.05) is 31.7 Å². The van der Waals surface area contributed by atoms with Gasteiger partial charge in [-0.2, -0.15) is 0 Å². The summed E-state index contributed by atoms with van der Waals surface area (Å²) in [6, 6.07) is 14.5. The summed E-state index contributed by atoms with van der Waals surface area (Å²) < 4.78 is 0. The van der Waals surface area contributed by atoms with Gasteiger partial charge in [0.05, 0.1) is 12.2 Å². The number of hydrogen-bond acceptors (Lipinski definition) is 4. The zero-order valence-corrected chi connectivity index (χ0v) is 14.8. The number of anilines is 1. The van der Waals surface area contributed by atoms with E-state index in [0.29, 0.717) is 31.7 Å². The quantitative estimate of drug-likeness (QED) is 0.879. The number of nitrogens with one attached hydrogen (secondary N) is 1. The lowest BCUT2D eigenvalue weighted by molar-refractivity contribution is -0.130. The Morgan fingerprint density at radius 3 is 2.35 bits per heavy atom. The number of rotatable bonds is 4. The van der Waals surface area contributed by atoms with Crippen molar-refractivity contribution in [3.63, 3.8) is 0 Å². The summed E-state index contributed by atoms with van der Waals surface area (Å²) in [7, 11) is 0. The maximum Gasteiger partial charge on any atom is 0.251 e. The molecule has 0 saturated carbocycles. The van der Waals surface area contributed by atoms with E-state index < -0.39 is 0 Å². The standard InChI is InChI=1S/C20H23N3O3/c1-15-6-2-3-7-16(15)20(26)21-14-19(25)23-12-10-22(11-13-23)17-8-4-5-9-18(17)24/h2-9,24H,10-14H2,1H3,(H,21,26). The van der Waals surface area contributed by atoms with Crippen molar-refractivity contribution in [1.29, 1.82) is 0 Å². The van der Waals surface area contributed by atoms with Crippen LogP contribution in [-0.4, -0.2) is 54.5 Å². The van der Waals surface area contributed by atoms with Crippen molar-refractivity contribution >= 4 is 17.5 Å². The van der Waals surface area contributed by atoms with Crippen LogP contribution in [0.2, 0.25) is 0 Å². The van der Waals surface area contributed by atoms with Crippen molar-refractivity contribution in [2.45, 2.75) is 6.92 Å². The molecule has 26 heavy (non-hydrogen) atoms. The molecule has 1 heterocycles. The van der Waals surface area contributed by atoms with Gasteiger partial charge in [-0.05, 0) is 30.7 Å². The minimum absolute atomic E-state index is 0.0102. The first kappa shape index (κ1) is 17.8. The highest BCUT2D eigenvalue weighted by atomic mass is 16.3. The molecule has 0 spiro atoms. The van der Waals surface area contributed by atoms with E-state index >= 15 is 0 Å². The maximum absolute atomic E-state index is 12.4. The Balaban J connectivity index is 1.50. The van der Waals surface area contributed by atoms with E-state index in [1.807, 2.05) is 37.3 Å². The Kier molecular flexibility index (Phi) is 5.41. The molecule has 1 fully saturated rings. The zero-order chi connectivity index (χ0) is 18.5. The third-order valence-electron chi connectivity index (χ3n) is 4.64. The van der Waals surface area contributed by atoms with Crippen molar-refractivity contribution in [3.8, 4) is 5.75 Å². The molecule has 2 aromatic rings. The van der Waals surface area contributed by atoms with Crippen molar-refractivity contribution in [3.05, 3.63) is 59.7 Å². The van der Waals surface area contributed by atoms with E-state index in [0.717, 1.165) is 11.3 Å². The lowest BCUT2D eigenvalue weighted by Crippen LogP contribution is -2.51. The molecular formula is C20H23N3O3. The van der Waals surface area contributed by atoms with Crippen LogP contribution in [0.3, 0.4) is 0 Å². The molecule has 6 heteroatoms. The maximum atomic E-state index is 12.4. The molecule has 1 aliphatic rings. The Hall–Kier alpha value is -3.02. The number of nitrogens with zero attached hydrogens (tertiary/aromatic N) is 2. The fourth-order valence-corrected chi connectivity index (χ4v) is 3.12. The Bertz CT molecular complexity index is 798. The fourth-order valence-electron chi connectivity index (χ4n) is 3.12. The summed E-state index contributed by atoms with van der Waals surface area (Å²) in [4.78, 5) is 28.4. The minimum Gasteiger partial charge on any atom is -0.506 e. The predicted octanol–water partition coefficient (Wildman–Crippen LogP) is 1.78. The lowest BCUT2D eigenvalue weighted by atomic mass is 10.1. The molecule has 0 aliphatic carbocycles. The van der Waals surface area contributed by atoms with E-state index in [2.05, 4.69) is 10.2 Å². The van der Waals surface area contributed by atoms with Crippen LogP contribution in [0.25, 0.3) is 0 Å². The van der Waals surface area contributed by atoms with E-state index in [1.54, 1.807) is 23.1 Å². The SMILES string of the molecule is Cc1ccccc1C(=O)NCC(=O)N1CCN(c2ccccc2O)CC1. The van der Waals surface area contributed by atoms with Crippen LogP contribution in [0, 0.1) is 6.92 Å². The smallest absolute Gasteiger partial charge is 0.251 e. The Morgan fingerprint density at radius 1 is 1.00 bits per heavy atom. The zero-order valence-electron chi connectivity index (χ0n) is 14.8. The first-order chi connectivity index (χ1) is 12.6. The molecule has 2 N–H and O–H groups in total. The van der Waals surface area contributed by atoms with Gasteiger partial charge in [-0.1, -0.05) is 30.3 Å². The number of carbonyl (C=O) groups excluding carboxylic acids is 2. The first-order valence-corrected chi connectivity index (χ1v) is 8.71. The van der Waals surface area contributed by atoms with Gasteiger partial charge in [0.15, 0.2) is 0 Å². The average Bonchev–Trinajstić information content (AvgIpc) is 2.67. The van der Waals surface area contributed by atoms with Crippen molar-refractivity contribution < 1.29 is 14.7 Å². The molecule has 6 nitrogen and oxygen atoms in total. The second-order valence-electron chi connectivity index (χ2n) is 6.35. The highest BCUT2D eigenvalue weighted by molar-refractivity contribution is 5.97. The number of benzene rings is 2. The van der Waals surface area contributed by atoms with E-state index in [4.69, 9.17) is 0 Å². The fraction of sp³-hybridized carbons (Fsp3) is 0.300. The molecular weight excluding hydrogens is 330 g/mol. The third kappa shape index (κ3) is 3.96. The molecule has 1 aliphatic heterocycles. The van der Waals surface area contributed by atoms with Crippen LogP contribution in [0.5, 0.6) is 5.75 Å². The highest BCUT2D eigenvalue weighted by Crippen LogP contribution is 2.27. The van der Waals surface area contributed by atoms with Gasteiger partial charge in [-0.3, -0.25) is 9.59 Å². The molecule has 0 radical (unpaired) electrons. The van der Waals surface area contributed by atoms with Crippen LogP contribution >= 0.6 is 0 Å². The summed E-state index contributed by atoms with van der Waals surface area (Å²) in [6.07, 6.45) is 0. The topological polar surface area (TPSA) is 72.9 Å². The number of para-hydroxylation sites is 2. The normalized spacial score (nSPS) is 14.2. The van der Waals surface area contributed by atoms with Crippen LogP contribution in [0.15, 0.2) is 48.5 Å². The van der Waals surface area contributed by atoms with Gasteiger partial charge in [-0.25, -0.2) is 0 Å². The summed E-state index contributed by atoms with van der Waals surface area (Å²) in [5.74, 6) is -0.0778. The third-order valence-corrected chi connectivity index (χ3v) is 4.64. The summed E-state index contributed by atoms with van der Waals surface area (Å²) in [6.45, 7) is 4.28. The molecule has 3 rings (SSSR count). The van der Waals surface area contributed by atoms with Crippen molar-refractivity contribution in [2.24, 2.45) is 0 Å². The van der Waals surface area contributed by atoms with Gasteiger partial charge in [0.25, 0.3) is 5.91 Å². The van der Waals surface area contributed by atoms with Crippen LogP contribution in [0.4, 0.5) is 5.69 Å². The molecule has 0 aromatic heterocycles. The van der Waals surface area contributed by atoms with Crippen LogP contribution < -0.4 is 10.2 Å². The second kappa shape index (κ2) is 7.91. The molecule has 1 saturated heterocycles. The van der Waals surface area contributed by atoms with Gasteiger partial charge in [0.1, 0.15) is 5.75 Å². The molecule has 136 valence electrons. The average molecular weight is 353 g/mol.